The smallest absolute Gasteiger partial charge is 0.100 e. The minimum absolute atomic E-state index is 0.117. The number of hydrogen-bond acceptors (Lipinski definition) is 2. The second-order valence-electron chi connectivity index (χ2n) is 10.5. The monoisotopic (exact) mass is 418 g/mol. The van der Waals surface area contributed by atoms with Gasteiger partial charge in [-0.05, 0) is 80.2 Å². The lowest BCUT2D eigenvalue weighted by molar-refractivity contribution is -0.0249. The Kier molecular flexibility index (Phi) is 5.16. The van der Waals surface area contributed by atoms with Crippen molar-refractivity contribution in [2.45, 2.75) is 78.7 Å². The lowest BCUT2D eigenvalue weighted by atomic mass is 9.48. The molecular formula is C28H38N2O. The Labute approximate surface area is 187 Å². The van der Waals surface area contributed by atoms with E-state index in [-0.39, 0.29) is 11.5 Å². The highest BCUT2D eigenvalue weighted by molar-refractivity contribution is 5.80. The fourth-order valence-electron chi connectivity index (χ4n) is 7.71. The van der Waals surface area contributed by atoms with Crippen molar-refractivity contribution in [2.24, 2.45) is 28.6 Å². The van der Waals surface area contributed by atoms with Crippen LogP contribution in [-0.4, -0.2) is 20.8 Å². The molecule has 6 atom stereocenters. The van der Waals surface area contributed by atoms with Crippen molar-refractivity contribution < 1.29 is 5.11 Å². The van der Waals surface area contributed by atoms with Gasteiger partial charge in [0, 0.05) is 11.1 Å². The van der Waals surface area contributed by atoms with Crippen molar-refractivity contribution in [3.8, 4) is 0 Å². The summed E-state index contributed by atoms with van der Waals surface area (Å²) in [5, 5.41) is 10.2. The Morgan fingerprint density at radius 2 is 1.74 bits per heavy atom. The van der Waals surface area contributed by atoms with Crippen LogP contribution in [0.3, 0.4) is 0 Å². The molecule has 1 aromatic carbocycles. The molecule has 2 saturated carbocycles. The standard InChI is InChI=1S/C26H32N2O.C2H6/c1-25-13-11-18(29)15-17(25)7-8-19-20-9-10-24(26(20,2)14-12-21(19)25)28-16-27-22-5-3-4-6-23(22)28;1-2/h3-7,10,16,18-21,29H,8-9,11-15H2,1-2H3;1-2H3. The molecule has 0 radical (unpaired) electrons. The average molecular weight is 419 g/mol. The van der Waals surface area contributed by atoms with Crippen LogP contribution in [0, 0.1) is 28.6 Å². The Hall–Kier alpha value is -1.87. The molecule has 0 spiro atoms. The number of fused-ring (bicyclic) bond motifs is 6. The highest BCUT2D eigenvalue weighted by Crippen LogP contribution is 2.65. The van der Waals surface area contributed by atoms with Crippen molar-refractivity contribution in [1.82, 2.24) is 9.55 Å². The predicted octanol–water partition coefficient (Wildman–Crippen LogP) is 6.84. The molecule has 2 aromatic rings. The van der Waals surface area contributed by atoms with E-state index in [1.807, 2.05) is 20.2 Å². The number of rotatable bonds is 1. The Morgan fingerprint density at radius 1 is 0.968 bits per heavy atom. The molecule has 4 aliphatic rings. The molecule has 3 heteroatoms. The first kappa shape index (κ1) is 21.0. The van der Waals surface area contributed by atoms with E-state index >= 15 is 0 Å². The van der Waals surface area contributed by atoms with Crippen LogP contribution in [0.15, 0.2) is 48.3 Å². The van der Waals surface area contributed by atoms with Gasteiger partial charge in [0.1, 0.15) is 6.33 Å². The van der Waals surface area contributed by atoms with Gasteiger partial charge in [-0.1, -0.05) is 57.6 Å². The van der Waals surface area contributed by atoms with E-state index < -0.39 is 0 Å². The van der Waals surface area contributed by atoms with Crippen LogP contribution in [0.2, 0.25) is 0 Å². The quantitative estimate of drug-likeness (QED) is 0.515. The number of aliphatic hydroxyl groups is 1. The molecule has 1 aromatic heterocycles. The zero-order chi connectivity index (χ0) is 21.8. The maximum absolute atomic E-state index is 10.2. The molecule has 1 heterocycles. The maximum Gasteiger partial charge on any atom is 0.100 e. The predicted molar refractivity (Wildman–Crippen MR) is 128 cm³/mol. The normalized spacial score (nSPS) is 38.9. The topological polar surface area (TPSA) is 38.0 Å². The lowest BCUT2D eigenvalue weighted by Gasteiger charge is -2.57. The molecule has 0 bridgehead atoms. The number of allylic oxidation sites excluding steroid dienone is 3. The maximum atomic E-state index is 10.2. The number of benzene rings is 1. The summed E-state index contributed by atoms with van der Waals surface area (Å²) in [5.74, 6) is 2.26. The van der Waals surface area contributed by atoms with Crippen molar-refractivity contribution in [3.63, 3.8) is 0 Å². The van der Waals surface area contributed by atoms with Crippen LogP contribution in [-0.2, 0) is 0 Å². The zero-order valence-corrected chi connectivity index (χ0v) is 19.6. The van der Waals surface area contributed by atoms with Gasteiger partial charge in [-0.2, -0.15) is 0 Å². The van der Waals surface area contributed by atoms with Crippen LogP contribution >= 0.6 is 0 Å². The number of aliphatic hydroxyl groups excluding tert-OH is 1. The lowest BCUT2D eigenvalue weighted by Crippen LogP contribution is -2.50. The largest absolute Gasteiger partial charge is 0.393 e. The molecule has 3 nitrogen and oxygen atoms in total. The first-order valence-corrected chi connectivity index (χ1v) is 12.5. The van der Waals surface area contributed by atoms with Gasteiger partial charge in [-0.3, -0.25) is 0 Å². The summed E-state index contributed by atoms with van der Waals surface area (Å²) in [4.78, 5) is 4.67. The summed E-state index contributed by atoms with van der Waals surface area (Å²) in [7, 11) is 0. The third-order valence-electron chi connectivity index (χ3n) is 9.33. The number of nitrogens with zero attached hydrogens (tertiary/aromatic N) is 2. The first-order chi connectivity index (χ1) is 15.0. The SMILES string of the molecule is CC.CC12CCC(O)CC1=CCC1C2CCC2(C)C(n3cnc4ccccc43)=CCC12. The molecule has 0 aliphatic heterocycles. The summed E-state index contributed by atoms with van der Waals surface area (Å²) < 4.78 is 2.37. The highest BCUT2D eigenvalue weighted by atomic mass is 16.3. The summed E-state index contributed by atoms with van der Waals surface area (Å²) in [6.45, 7) is 9.03. The van der Waals surface area contributed by atoms with Crippen LogP contribution in [0.4, 0.5) is 0 Å². The van der Waals surface area contributed by atoms with Gasteiger partial charge in [-0.25, -0.2) is 4.98 Å². The number of hydrogen-bond donors (Lipinski definition) is 1. The molecule has 6 rings (SSSR count). The van der Waals surface area contributed by atoms with Gasteiger partial charge in [-0.15, -0.1) is 0 Å². The molecule has 0 saturated heterocycles. The molecule has 0 amide bonds. The van der Waals surface area contributed by atoms with E-state index in [4.69, 9.17) is 0 Å². The van der Waals surface area contributed by atoms with E-state index in [1.165, 1.54) is 36.9 Å². The fraction of sp³-hybridized carbons (Fsp3) is 0.607. The number of aromatic nitrogens is 2. The van der Waals surface area contributed by atoms with E-state index in [1.54, 1.807) is 5.57 Å². The third-order valence-corrected chi connectivity index (χ3v) is 9.33. The van der Waals surface area contributed by atoms with Crippen LogP contribution in [0.5, 0.6) is 0 Å². The Morgan fingerprint density at radius 3 is 2.58 bits per heavy atom. The highest BCUT2D eigenvalue weighted by Gasteiger charge is 2.57. The molecule has 6 unspecified atom stereocenters. The van der Waals surface area contributed by atoms with Gasteiger partial charge in [0.15, 0.2) is 0 Å². The van der Waals surface area contributed by atoms with Crippen LogP contribution in [0.1, 0.15) is 72.6 Å². The van der Waals surface area contributed by atoms with Gasteiger partial charge in [0.25, 0.3) is 0 Å². The molecular weight excluding hydrogens is 380 g/mol. The number of imidazole rings is 1. The third kappa shape index (κ3) is 2.99. The van der Waals surface area contributed by atoms with Gasteiger partial charge in [0.2, 0.25) is 0 Å². The summed E-state index contributed by atoms with van der Waals surface area (Å²) >= 11 is 0. The van der Waals surface area contributed by atoms with Crippen molar-refractivity contribution in [3.05, 3.63) is 48.3 Å². The molecule has 1 N–H and O–H groups in total. The second-order valence-corrected chi connectivity index (χ2v) is 10.5. The molecule has 4 aliphatic carbocycles. The van der Waals surface area contributed by atoms with Gasteiger partial charge < -0.3 is 9.67 Å². The van der Waals surface area contributed by atoms with Crippen LogP contribution in [0.25, 0.3) is 16.7 Å². The Bertz CT molecular complexity index is 1030. The minimum atomic E-state index is -0.117. The molecule has 166 valence electrons. The summed E-state index contributed by atoms with van der Waals surface area (Å²) in [6.07, 6.45) is 15.0. The number of para-hydroxylation sites is 2. The molecule has 2 fully saturated rings. The molecule has 31 heavy (non-hydrogen) atoms. The van der Waals surface area contributed by atoms with Gasteiger partial charge in [0.05, 0.1) is 17.1 Å². The van der Waals surface area contributed by atoms with Crippen molar-refractivity contribution in [2.75, 3.05) is 0 Å². The second kappa shape index (κ2) is 7.62. The Balaban J connectivity index is 0.000000994. The van der Waals surface area contributed by atoms with E-state index in [2.05, 4.69) is 59.8 Å². The van der Waals surface area contributed by atoms with E-state index in [9.17, 15) is 5.11 Å². The van der Waals surface area contributed by atoms with Gasteiger partial charge >= 0.3 is 0 Å². The average Bonchev–Trinajstić information content (AvgIpc) is 3.36. The van der Waals surface area contributed by atoms with Crippen molar-refractivity contribution in [1.29, 1.82) is 0 Å². The fourth-order valence-corrected chi connectivity index (χ4v) is 7.71. The van der Waals surface area contributed by atoms with Crippen molar-refractivity contribution >= 4 is 16.7 Å². The van der Waals surface area contributed by atoms with E-state index in [0.29, 0.717) is 5.41 Å². The summed E-state index contributed by atoms with van der Waals surface area (Å²) in [6, 6.07) is 8.52. The minimum Gasteiger partial charge on any atom is -0.393 e. The van der Waals surface area contributed by atoms with Crippen LogP contribution < -0.4 is 0 Å². The first-order valence-electron chi connectivity index (χ1n) is 12.5. The summed E-state index contributed by atoms with van der Waals surface area (Å²) in [5.41, 5.74) is 5.92. The van der Waals surface area contributed by atoms with E-state index in [0.717, 1.165) is 42.5 Å². The zero-order valence-electron chi connectivity index (χ0n) is 19.6.